The Morgan fingerprint density at radius 1 is 1.03 bits per heavy atom. The molecule has 3 aliphatic rings. The Hall–Kier alpha value is -2.94. The summed E-state index contributed by atoms with van der Waals surface area (Å²) in [5.41, 5.74) is 1.61. The van der Waals surface area contributed by atoms with Gasteiger partial charge in [0.1, 0.15) is 0 Å². The van der Waals surface area contributed by atoms with Crippen molar-refractivity contribution >= 4 is 23.6 Å². The molecule has 9 heteroatoms. The Morgan fingerprint density at radius 2 is 1.74 bits per heavy atom. The smallest absolute Gasteiger partial charge is 0.319 e. The molecule has 2 bridgehead atoms. The fraction of sp³-hybridized carbons (Fsp3) is 0.545. The van der Waals surface area contributed by atoms with Crippen molar-refractivity contribution in [3.63, 3.8) is 0 Å². The van der Waals surface area contributed by atoms with Gasteiger partial charge in [-0.2, -0.15) is 15.0 Å². The molecule has 1 aromatic heterocycles. The first kappa shape index (κ1) is 20.0. The van der Waals surface area contributed by atoms with Crippen LogP contribution in [0.4, 0.5) is 22.4 Å². The SMILES string of the molecule is CC(C)Nc1nc(-c2ccc(NC(=O)NC3CC3)cc2)nc(N2CC3CCC(C2)O3)n1. The van der Waals surface area contributed by atoms with Gasteiger partial charge < -0.3 is 25.6 Å². The first-order valence-corrected chi connectivity index (χ1v) is 11.1. The minimum atomic E-state index is -0.164. The van der Waals surface area contributed by atoms with Crippen molar-refractivity contribution in [3.05, 3.63) is 24.3 Å². The molecule has 0 spiro atoms. The van der Waals surface area contributed by atoms with Gasteiger partial charge in [0.2, 0.25) is 11.9 Å². The van der Waals surface area contributed by atoms with E-state index in [1.54, 1.807) is 0 Å². The van der Waals surface area contributed by atoms with Crippen LogP contribution in [-0.2, 0) is 4.74 Å². The summed E-state index contributed by atoms with van der Waals surface area (Å²) in [5.74, 6) is 1.86. The van der Waals surface area contributed by atoms with E-state index in [4.69, 9.17) is 9.72 Å². The first-order chi connectivity index (χ1) is 15.0. The monoisotopic (exact) mass is 423 g/mol. The van der Waals surface area contributed by atoms with Gasteiger partial charge in [-0.15, -0.1) is 0 Å². The van der Waals surface area contributed by atoms with Gasteiger partial charge in [0.05, 0.1) is 12.2 Å². The van der Waals surface area contributed by atoms with Gasteiger partial charge in [-0.3, -0.25) is 0 Å². The minimum absolute atomic E-state index is 0.164. The quantitative estimate of drug-likeness (QED) is 0.656. The lowest BCUT2D eigenvalue weighted by Gasteiger charge is -2.32. The van der Waals surface area contributed by atoms with E-state index >= 15 is 0 Å². The van der Waals surface area contributed by atoms with Gasteiger partial charge in [0.15, 0.2) is 5.82 Å². The number of amides is 2. The molecule has 2 unspecified atom stereocenters. The molecular formula is C22H29N7O2. The van der Waals surface area contributed by atoms with E-state index in [1.807, 2.05) is 24.3 Å². The topological polar surface area (TPSA) is 104 Å². The number of hydrogen-bond acceptors (Lipinski definition) is 7. The molecule has 1 aromatic carbocycles. The van der Waals surface area contributed by atoms with Crippen LogP contribution in [0.25, 0.3) is 11.4 Å². The summed E-state index contributed by atoms with van der Waals surface area (Å²) >= 11 is 0. The second-order valence-corrected chi connectivity index (χ2v) is 8.89. The molecule has 2 saturated heterocycles. The fourth-order valence-corrected chi connectivity index (χ4v) is 4.02. The van der Waals surface area contributed by atoms with Crippen molar-refractivity contribution in [2.45, 2.75) is 63.8 Å². The molecule has 3 fully saturated rings. The predicted molar refractivity (Wildman–Crippen MR) is 119 cm³/mol. The van der Waals surface area contributed by atoms with Crippen molar-refractivity contribution < 1.29 is 9.53 Å². The highest BCUT2D eigenvalue weighted by atomic mass is 16.5. The Kier molecular flexibility index (Phi) is 5.35. The van der Waals surface area contributed by atoms with Crippen molar-refractivity contribution in [3.8, 4) is 11.4 Å². The molecule has 2 atom stereocenters. The highest BCUT2D eigenvalue weighted by molar-refractivity contribution is 5.89. The predicted octanol–water partition coefficient (Wildman–Crippen LogP) is 3.01. The maximum Gasteiger partial charge on any atom is 0.319 e. The Labute approximate surface area is 182 Å². The molecular weight excluding hydrogens is 394 g/mol. The molecule has 5 rings (SSSR count). The molecule has 2 amide bonds. The number of nitrogens with one attached hydrogen (secondary N) is 3. The Balaban J connectivity index is 1.37. The van der Waals surface area contributed by atoms with Crippen LogP contribution < -0.4 is 20.9 Å². The van der Waals surface area contributed by atoms with Gasteiger partial charge in [-0.05, 0) is 63.8 Å². The van der Waals surface area contributed by atoms with Gasteiger partial charge in [0, 0.05) is 36.4 Å². The zero-order valence-corrected chi connectivity index (χ0v) is 18.0. The van der Waals surface area contributed by atoms with Crippen LogP contribution in [0, 0.1) is 0 Å². The normalized spacial score (nSPS) is 22.5. The minimum Gasteiger partial charge on any atom is -0.371 e. The largest absolute Gasteiger partial charge is 0.371 e. The van der Waals surface area contributed by atoms with E-state index in [-0.39, 0.29) is 24.3 Å². The van der Waals surface area contributed by atoms with Crippen LogP contribution in [0.3, 0.4) is 0 Å². The average Bonchev–Trinajstić information content (AvgIpc) is 3.49. The van der Waals surface area contributed by atoms with E-state index in [0.29, 0.717) is 23.8 Å². The highest BCUT2D eigenvalue weighted by Gasteiger charge is 2.35. The third-order valence-corrected chi connectivity index (χ3v) is 5.68. The molecule has 164 valence electrons. The lowest BCUT2D eigenvalue weighted by atomic mass is 10.2. The van der Waals surface area contributed by atoms with E-state index in [9.17, 15) is 4.79 Å². The number of morpholine rings is 1. The van der Waals surface area contributed by atoms with Crippen LogP contribution in [0.15, 0.2) is 24.3 Å². The third kappa shape index (κ3) is 4.87. The Bertz CT molecular complexity index is 933. The standard InChI is InChI=1S/C22H29N7O2/c1-13(2)23-20-26-19(27-21(28-20)29-11-17-9-10-18(12-29)31-17)14-3-5-15(6-4-14)24-22(30)25-16-7-8-16/h3-6,13,16-18H,7-12H2,1-2H3,(H2,24,25,30)(H,23,26,27,28). The van der Waals surface area contributed by atoms with Crippen molar-refractivity contribution in [2.24, 2.45) is 0 Å². The van der Waals surface area contributed by atoms with Gasteiger partial charge in [0.25, 0.3) is 0 Å². The second kappa shape index (κ2) is 8.30. The van der Waals surface area contributed by atoms with Gasteiger partial charge in [-0.25, -0.2) is 4.79 Å². The number of aromatic nitrogens is 3. The summed E-state index contributed by atoms with van der Waals surface area (Å²) in [6.45, 7) is 5.73. The number of nitrogens with zero attached hydrogens (tertiary/aromatic N) is 4. The van der Waals surface area contributed by atoms with Crippen LogP contribution in [-0.4, -0.2) is 58.4 Å². The third-order valence-electron chi connectivity index (χ3n) is 5.68. The van der Waals surface area contributed by atoms with Crippen LogP contribution in [0.5, 0.6) is 0 Å². The number of anilines is 3. The molecule has 0 radical (unpaired) electrons. The number of fused-ring (bicyclic) bond motifs is 2. The summed E-state index contributed by atoms with van der Waals surface area (Å²) in [6.07, 6.45) is 4.83. The van der Waals surface area contributed by atoms with Crippen molar-refractivity contribution in [1.82, 2.24) is 20.3 Å². The van der Waals surface area contributed by atoms with Crippen LogP contribution in [0.1, 0.15) is 39.5 Å². The summed E-state index contributed by atoms with van der Waals surface area (Å²) in [6, 6.07) is 7.96. The van der Waals surface area contributed by atoms with Crippen molar-refractivity contribution in [1.29, 1.82) is 0 Å². The van der Waals surface area contributed by atoms with Crippen LogP contribution in [0.2, 0.25) is 0 Å². The van der Waals surface area contributed by atoms with Crippen molar-refractivity contribution in [2.75, 3.05) is 28.6 Å². The maximum atomic E-state index is 12.0. The number of carbonyl (C=O) groups excluding carboxylic acids is 1. The second-order valence-electron chi connectivity index (χ2n) is 8.89. The molecule has 1 aliphatic carbocycles. The van der Waals surface area contributed by atoms with E-state index < -0.39 is 0 Å². The zero-order chi connectivity index (χ0) is 21.4. The molecule has 2 aromatic rings. The number of urea groups is 1. The van der Waals surface area contributed by atoms with E-state index in [1.165, 1.54) is 0 Å². The molecule has 3 heterocycles. The number of hydrogen-bond donors (Lipinski definition) is 3. The molecule has 3 N–H and O–H groups in total. The fourth-order valence-electron chi connectivity index (χ4n) is 4.02. The number of rotatable bonds is 6. The molecule has 31 heavy (non-hydrogen) atoms. The van der Waals surface area contributed by atoms with Gasteiger partial charge in [-0.1, -0.05) is 0 Å². The molecule has 9 nitrogen and oxygen atoms in total. The van der Waals surface area contributed by atoms with Gasteiger partial charge >= 0.3 is 6.03 Å². The first-order valence-electron chi connectivity index (χ1n) is 11.1. The lowest BCUT2D eigenvalue weighted by Crippen LogP contribution is -2.43. The number of benzene rings is 1. The molecule has 2 aliphatic heterocycles. The summed E-state index contributed by atoms with van der Waals surface area (Å²) in [4.78, 5) is 28.3. The highest BCUT2D eigenvalue weighted by Crippen LogP contribution is 2.29. The van der Waals surface area contributed by atoms with E-state index in [0.717, 1.165) is 50.0 Å². The number of ether oxygens (including phenoxy) is 1. The number of carbonyl (C=O) groups is 1. The zero-order valence-electron chi connectivity index (χ0n) is 18.0. The maximum absolute atomic E-state index is 12.0. The van der Waals surface area contributed by atoms with Crippen LogP contribution >= 0.6 is 0 Å². The Morgan fingerprint density at radius 3 is 2.39 bits per heavy atom. The summed E-state index contributed by atoms with van der Waals surface area (Å²) in [7, 11) is 0. The molecule has 1 saturated carbocycles. The summed E-state index contributed by atoms with van der Waals surface area (Å²) in [5, 5.41) is 9.10. The average molecular weight is 424 g/mol. The summed E-state index contributed by atoms with van der Waals surface area (Å²) < 4.78 is 5.96. The van der Waals surface area contributed by atoms with E-state index in [2.05, 4.69) is 44.7 Å². The lowest BCUT2D eigenvalue weighted by molar-refractivity contribution is 0.0299.